The normalized spacial score (nSPS) is 15.0. The molecule has 224 valence electrons. The molecule has 42 heavy (non-hydrogen) atoms. The quantitative estimate of drug-likeness (QED) is 0.410. The molecule has 7 rings (SSSR count). The van der Waals surface area contributed by atoms with Crippen molar-refractivity contribution in [1.82, 2.24) is 25.2 Å². The highest BCUT2D eigenvalue weighted by Crippen LogP contribution is 2.21. The van der Waals surface area contributed by atoms with Gasteiger partial charge in [-0.05, 0) is 54.8 Å². The zero-order valence-electron chi connectivity index (χ0n) is 23.0. The Kier molecular flexibility index (Phi) is 10.3. The van der Waals surface area contributed by atoms with Gasteiger partial charge < -0.3 is 30.3 Å². The third-order valence-corrected chi connectivity index (χ3v) is 6.18. The van der Waals surface area contributed by atoms with E-state index in [1.54, 1.807) is 41.3 Å². The fourth-order valence-corrected chi connectivity index (χ4v) is 4.01. The summed E-state index contributed by atoms with van der Waals surface area (Å²) in [5.74, 6) is 0.352. The second-order valence-corrected chi connectivity index (χ2v) is 9.41. The molecule has 3 aromatic rings. The topological polar surface area (TPSA) is 131 Å². The van der Waals surface area contributed by atoms with Gasteiger partial charge in [0, 0.05) is 37.3 Å². The van der Waals surface area contributed by atoms with Gasteiger partial charge >= 0.3 is 12.2 Å². The van der Waals surface area contributed by atoms with E-state index in [0.717, 1.165) is 12.0 Å². The van der Waals surface area contributed by atoms with Crippen LogP contribution in [-0.2, 0) is 11.3 Å². The fourth-order valence-electron chi connectivity index (χ4n) is 4.01. The summed E-state index contributed by atoms with van der Waals surface area (Å²) < 4.78 is 48.9. The summed E-state index contributed by atoms with van der Waals surface area (Å²) in [6.45, 7) is 2.27. The molecule has 0 radical (unpaired) electrons. The van der Waals surface area contributed by atoms with Gasteiger partial charge in [-0.25, -0.2) is 0 Å². The monoisotopic (exact) mass is 587 g/mol. The van der Waals surface area contributed by atoms with Crippen molar-refractivity contribution >= 4 is 29.4 Å². The van der Waals surface area contributed by atoms with E-state index in [1.165, 1.54) is 0 Å². The number of carbonyl (C=O) groups is 2. The van der Waals surface area contributed by atoms with Crippen molar-refractivity contribution in [3.05, 3.63) is 59.7 Å². The van der Waals surface area contributed by atoms with E-state index < -0.39 is 18.8 Å². The van der Waals surface area contributed by atoms with Gasteiger partial charge in [-0.3, -0.25) is 9.59 Å². The molecule has 0 saturated carbocycles. The van der Waals surface area contributed by atoms with Crippen LogP contribution in [0.15, 0.2) is 48.5 Å². The molecule has 14 heteroatoms. The van der Waals surface area contributed by atoms with Gasteiger partial charge in [-0.2, -0.15) is 28.1 Å². The summed E-state index contributed by atoms with van der Waals surface area (Å²) in [6.07, 6.45) is -2.77. The van der Waals surface area contributed by atoms with Gasteiger partial charge in [-0.15, -0.1) is 0 Å². The van der Waals surface area contributed by atoms with Crippen molar-refractivity contribution in [2.24, 2.45) is 0 Å². The Hall–Kier alpha value is -4.62. The van der Waals surface area contributed by atoms with E-state index in [-0.39, 0.29) is 30.3 Å². The van der Waals surface area contributed by atoms with Crippen molar-refractivity contribution in [3.63, 3.8) is 0 Å². The molecule has 0 fully saturated rings. The Morgan fingerprint density at radius 2 is 1.71 bits per heavy atom. The number of carbonyl (C=O) groups excluding carboxylic acids is 2. The highest BCUT2D eigenvalue weighted by molar-refractivity contribution is 5.94. The van der Waals surface area contributed by atoms with Crippen molar-refractivity contribution in [1.29, 1.82) is 0 Å². The number of rotatable bonds is 3. The minimum atomic E-state index is -4.57. The molecule has 6 bridgehead atoms. The van der Waals surface area contributed by atoms with Gasteiger partial charge in [0.15, 0.2) is 6.61 Å². The third-order valence-electron chi connectivity index (χ3n) is 6.18. The Balaban J connectivity index is 1.54. The number of nitrogens with zero attached hydrogens (tertiary/aromatic N) is 4. The number of hydrogen-bond acceptors (Lipinski definition) is 9. The molecular formula is C28H32F3N7O4. The SMILES string of the molecule is CCC(=O)N1CCCCNC(=O)c2ccc(cc2)Nc2nc(nc(OCC(F)(F)F)n2)NCc2ccc(cc2)OCC1. The van der Waals surface area contributed by atoms with Crippen LogP contribution in [0.25, 0.3) is 0 Å². The number of halogens is 3. The second kappa shape index (κ2) is 14.3. The van der Waals surface area contributed by atoms with Gasteiger partial charge in [0.05, 0.1) is 6.54 Å². The smallest absolute Gasteiger partial charge is 0.422 e. The summed E-state index contributed by atoms with van der Waals surface area (Å²) in [5, 5.41) is 8.75. The van der Waals surface area contributed by atoms with Crippen LogP contribution < -0.4 is 25.4 Å². The molecular weight excluding hydrogens is 555 g/mol. The zero-order chi connectivity index (χ0) is 30.0. The first-order valence-corrected chi connectivity index (χ1v) is 13.5. The van der Waals surface area contributed by atoms with Crippen LogP contribution in [0.2, 0.25) is 0 Å². The summed E-state index contributed by atoms with van der Waals surface area (Å²) in [7, 11) is 0. The third kappa shape index (κ3) is 9.49. The number of ether oxygens (including phenoxy) is 2. The largest absolute Gasteiger partial charge is 0.492 e. The maximum Gasteiger partial charge on any atom is 0.422 e. The molecule has 5 heterocycles. The van der Waals surface area contributed by atoms with E-state index in [1.807, 2.05) is 19.1 Å². The lowest BCUT2D eigenvalue weighted by molar-refractivity contribution is -0.154. The van der Waals surface area contributed by atoms with E-state index in [2.05, 4.69) is 30.9 Å². The lowest BCUT2D eigenvalue weighted by atomic mass is 10.2. The van der Waals surface area contributed by atoms with Crippen LogP contribution in [0.5, 0.6) is 11.8 Å². The number of aromatic nitrogens is 3. The summed E-state index contributed by atoms with van der Waals surface area (Å²) in [4.78, 5) is 38.9. The predicted octanol–water partition coefficient (Wildman–Crippen LogP) is 4.31. The van der Waals surface area contributed by atoms with Gasteiger partial charge in [0.25, 0.3) is 5.91 Å². The van der Waals surface area contributed by atoms with Crippen LogP contribution in [0.1, 0.15) is 42.1 Å². The van der Waals surface area contributed by atoms with Crippen molar-refractivity contribution in [2.45, 2.75) is 38.9 Å². The van der Waals surface area contributed by atoms with Crippen molar-refractivity contribution in [2.75, 3.05) is 43.5 Å². The predicted molar refractivity (Wildman–Crippen MR) is 149 cm³/mol. The average molecular weight is 588 g/mol. The first kappa shape index (κ1) is 30.3. The van der Waals surface area contributed by atoms with Crippen molar-refractivity contribution < 1.29 is 32.2 Å². The van der Waals surface area contributed by atoms with Crippen LogP contribution in [-0.4, -0.2) is 70.7 Å². The Labute approximate surface area is 240 Å². The molecule has 0 atom stereocenters. The standard InChI is InChI=1S/C28H32F3N7O4/c1-2-23(39)38-14-4-3-13-32-24(40)20-7-9-21(10-8-20)34-26-35-25(36-27(37-26)42-18-28(29,30)31)33-17-19-5-11-22(12-6-19)41-16-15-38/h5-12H,2-4,13-18H2,1H3,(H,32,40)(H2,33,34,35,36,37). The molecule has 1 aromatic heterocycles. The minimum Gasteiger partial charge on any atom is -0.492 e. The number of benzene rings is 2. The maximum absolute atomic E-state index is 12.8. The number of nitrogens with one attached hydrogen (secondary N) is 3. The highest BCUT2D eigenvalue weighted by atomic mass is 19.4. The van der Waals surface area contributed by atoms with E-state index >= 15 is 0 Å². The highest BCUT2D eigenvalue weighted by Gasteiger charge is 2.29. The number of alkyl halides is 3. The van der Waals surface area contributed by atoms with E-state index in [9.17, 15) is 22.8 Å². The molecule has 2 aromatic carbocycles. The average Bonchev–Trinajstić information content (AvgIpc) is 2.97. The molecule has 4 aliphatic heterocycles. The van der Waals surface area contributed by atoms with Crippen molar-refractivity contribution in [3.8, 4) is 11.8 Å². The number of hydrogen-bond donors (Lipinski definition) is 3. The van der Waals surface area contributed by atoms with Gasteiger partial charge in [-0.1, -0.05) is 19.1 Å². The minimum absolute atomic E-state index is 0.00358. The molecule has 0 aliphatic carbocycles. The van der Waals surface area contributed by atoms with E-state index in [4.69, 9.17) is 9.47 Å². The molecule has 4 aliphatic rings. The van der Waals surface area contributed by atoms with Crippen LogP contribution in [0, 0.1) is 0 Å². The zero-order valence-corrected chi connectivity index (χ0v) is 23.0. The Bertz CT molecular complexity index is 1340. The molecule has 0 spiro atoms. The molecule has 0 unspecified atom stereocenters. The van der Waals surface area contributed by atoms with Gasteiger partial charge in [0.1, 0.15) is 12.4 Å². The van der Waals surface area contributed by atoms with Crippen LogP contribution in [0.4, 0.5) is 30.8 Å². The summed E-state index contributed by atoms with van der Waals surface area (Å²) in [5.41, 5.74) is 1.75. The Morgan fingerprint density at radius 3 is 2.43 bits per heavy atom. The van der Waals surface area contributed by atoms with Crippen LogP contribution >= 0.6 is 0 Å². The molecule has 3 N–H and O–H groups in total. The lowest BCUT2D eigenvalue weighted by Crippen LogP contribution is -2.35. The first-order valence-electron chi connectivity index (χ1n) is 13.5. The summed E-state index contributed by atoms with van der Waals surface area (Å²) in [6, 6.07) is 13.2. The second-order valence-electron chi connectivity index (χ2n) is 9.41. The molecule has 0 saturated heterocycles. The molecule has 11 nitrogen and oxygen atoms in total. The fraction of sp³-hybridized carbons (Fsp3) is 0.393. The number of anilines is 3. The maximum atomic E-state index is 12.8. The Morgan fingerprint density at radius 1 is 0.976 bits per heavy atom. The number of amides is 2. The molecule has 2 amide bonds. The first-order chi connectivity index (χ1) is 20.2. The van der Waals surface area contributed by atoms with E-state index in [0.29, 0.717) is 56.1 Å². The van der Waals surface area contributed by atoms with Gasteiger partial charge in [0.2, 0.25) is 17.8 Å². The lowest BCUT2D eigenvalue weighted by Gasteiger charge is -2.22. The van der Waals surface area contributed by atoms with Crippen LogP contribution in [0.3, 0.4) is 0 Å². The summed E-state index contributed by atoms with van der Waals surface area (Å²) >= 11 is 0.